The molecule has 0 bridgehead atoms. The monoisotopic (exact) mass is 213 g/mol. The topological polar surface area (TPSA) is 56.0 Å². The fraction of sp³-hybridized carbons (Fsp3) is 0.273. The highest BCUT2D eigenvalue weighted by molar-refractivity contribution is 5.74. The number of imidazole rings is 1. The van der Waals surface area contributed by atoms with E-state index in [0.29, 0.717) is 0 Å². The largest absolute Gasteiger partial charge is 0.278 e. The first-order valence-corrected chi connectivity index (χ1v) is 5.10. The molecule has 0 saturated carbocycles. The van der Waals surface area contributed by atoms with Crippen LogP contribution >= 0.6 is 0 Å². The third-order valence-electron chi connectivity index (χ3n) is 2.84. The first kappa shape index (κ1) is 9.21. The quantitative estimate of drug-likeness (QED) is 0.569. The molecule has 3 aromatic rings. The zero-order valence-corrected chi connectivity index (χ0v) is 9.39. The van der Waals surface area contributed by atoms with Gasteiger partial charge in [-0.3, -0.25) is 4.40 Å². The summed E-state index contributed by atoms with van der Waals surface area (Å²) >= 11 is 0. The maximum atomic E-state index is 4.50. The first-order chi connectivity index (χ1) is 7.68. The number of rotatable bonds is 0. The predicted molar refractivity (Wildman–Crippen MR) is 60.3 cm³/mol. The Morgan fingerprint density at radius 1 is 1.00 bits per heavy atom. The summed E-state index contributed by atoms with van der Waals surface area (Å²) < 4.78 is 2.04. The van der Waals surface area contributed by atoms with Crippen molar-refractivity contribution >= 4 is 16.8 Å². The lowest BCUT2D eigenvalue weighted by molar-refractivity contribution is 1.05. The second-order valence-corrected chi connectivity index (χ2v) is 3.87. The zero-order valence-electron chi connectivity index (χ0n) is 9.39. The van der Waals surface area contributed by atoms with Crippen molar-refractivity contribution in [2.45, 2.75) is 20.8 Å². The molecule has 0 N–H and O–H groups in total. The van der Waals surface area contributed by atoms with Crippen molar-refractivity contribution in [3.05, 3.63) is 29.6 Å². The van der Waals surface area contributed by atoms with Gasteiger partial charge < -0.3 is 0 Å². The Labute approximate surface area is 92.2 Å². The number of nitrogens with zero attached hydrogens (tertiary/aromatic N) is 5. The van der Waals surface area contributed by atoms with Crippen molar-refractivity contribution in [3.63, 3.8) is 0 Å². The minimum Gasteiger partial charge on any atom is -0.278 e. The van der Waals surface area contributed by atoms with Crippen molar-refractivity contribution < 1.29 is 0 Å². The zero-order chi connectivity index (χ0) is 11.3. The van der Waals surface area contributed by atoms with Crippen LogP contribution in [0.3, 0.4) is 0 Å². The lowest BCUT2D eigenvalue weighted by Crippen LogP contribution is -1.99. The average molecular weight is 213 g/mol. The Kier molecular flexibility index (Phi) is 1.71. The van der Waals surface area contributed by atoms with Crippen LogP contribution in [0.25, 0.3) is 16.8 Å². The molecule has 3 aromatic heterocycles. The van der Waals surface area contributed by atoms with E-state index in [0.717, 1.165) is 33.9 Å². The van der Waals surface area contributed by atoms with E-state index in [9.17, 15) is 0 Å². The molecule has 0 atom stereocenters. The van der Waals surface area contributed by atoms with Gasteiger partial charge in [-0.1, -0.05) is 0 Å². The number of fused-ring (bicyclic) bond motifs is 3. The minimum absolute atomic E-state index is 0.799. The van der Waals surface area contributed by atoms with Crippen LogP contribution in [0.1, 0.15) is 17.1 Å². The van der Waals surface area contributed by atoms with E-state index < -0.39 is 0 Å². The van der Waals surface area contributed by atoms with E-state index in [-0.39, 0.29) is 0 Å². The molecule has 5 heteroatoms. The van der Waals surface area contributed by atoms with Crippen molar-refractivity contribution in [2.24, 2.45) is 0 Å². The molecule has 0 aliphatic carbocycles. The molecule has 0 amide bonds. The Hall–Kier alpha value is -2.04. The van der Waals surface area contributed by atoms with Crippen molar-refractivity contribution in [1.29, 1.82) is 0 Å². The van der Waals surface area contributed by atoms with E-state index in [2.05, 4.69) is 19.9 Å². The van der Waals surface area contributed by atoms with E-state index in [1.807, 2.05) is 25.2 Å². The molecule has 0 saturated heterocycles. The first-order valence-electron chi connectivity index (χ1n) is 5.10. The summed E-state index contributed by atoms with van der Waals surface area (Å²) in [6.45, 7) is 5.98. The van der Waals surface area contributed by atoms with Crippen LogP contribution in [0, 0.1) is 20.8 Å². The van der Waals surface area contributed by atoms with Crippen LogP contribution in [-0.2, 0) is 0 Å². The van der Waals surface area contributed by atoms with Crippen molar-refractivity contribution in [1.82, 2.24) is 24.3 Å². The predicted octanol–water partition coefficient (Wildman–Crippen LogP) is 1.60. The highest BCUT2D eigenvalue weighted by Crippen LogP contribution is 2.18. The molecule has 3 heterocycles. The van der Waals surface area contributed by atoms with Crippen LogP contribution in [0.2, 0.25) is 0 Å². The van der Waals surface area contributed by atoms with Crippen molar-refractivity contribution in [2.75, 3.05) is 0 Å². The number of hydrogen-bond donors (Lipinski definition) is 0. The molecule has 0 aliphatic rings. The average Bonchev–Trinajstić information content (AvgIpc) is 2.57. The van der Waals surface area contributed by atoms with Gasteiger partial charge in [0, 0.05) is 5.69 Å². The smallest absolute Gasteiger partial charge is 0.168 e. The number of aromatic nitrogens is 5. The van der Waals surface area contributed by atoms with Crippen molar-refractivity contribution in [3.8, 4) is 0 Å². The van der Waals surface area contributed by atoms with Gasteiger partial charge in [0.2, 0.25) is 0 Å². The normalized spacial score (nSPS) is 11.4. The van der Waals surface area contributed by atoms with Gasteiger partial charge in [0.15, 0.2) is 11.3 Å². The van der Waals surface area contributed by atoms with Crippen LogP contribution in [0.4, 0.5) is 0 Å². The molecule has 0 radical (unpaired) electrons. The maximum Gasteiger partial charge on any atom is 0.168 e. The summed E-state index contributed by atoms with van der Waals surface area (Å²) in [6, 6.07) is 0. The van der Waals surface area contributed by atoms with Gasteiger partial charge in [-0.15, -0.1) is 0 Å². The fourth-order valence-electron chi connectivity index (χ4n) is 1.91. The summed E-state index contributed by atoms with van der Waals surface area (Å²) in [5, 5.41) is 0. The Balaban J connectivity index is 2.67. The van der Waals surface area contributed by atoms with Crippen LogP contribution in [0.5, 0.6) is 0 Å². The van der Waals surface area contributed by atoms with Gasteiger partial charge >= 0.3 is 0 Å². The molecule has 5 nitrogen and oxygen atoms in total. The summed E-state index contributed by atoms with van der Waals surface area (Å²) in [5.74, 6) is 0. The molecule has 0 aliphatic heterocycles. The molecular weight excluding hydrogens is 202 g/mol. The summed E-state index contributed by atoms with van der Waals surface area (Å²) in [7, 11) is 0. The third kappa shape index (κ3) is 1.05. The molecule has 3 rings (SSSR count). The standard InChI is InChI=1S/C11H11N5/c1-6-8(3)16-10(15-6)7(2)14-9-4-12-5-13-11(9)16/h4-5H,1-3H3. The van der Waals surface area contributed by atoms with E-state index in [4.69, 9.17) is 0 Å². The number of hydrogen-bond acceptors (Lipinski definition) is 4. The molecule has 80 valence electrons. The molecule has 0 aromatic carbocycles. The summed E-state index contributed by atoms with van der Waals surface area (Å²) in [5.41, 5.74) is 5.50. The molecule has 0 fully saturated rings. The van der Waals surface area contributed by atoms with Gasteiger partial charge in [-0.2, -0.15) is 0 Å². The van der Waals surface area contributed by atoms with Crippen LogP contribution < -0.4 is 0 Å². The molecule has 0 spiro atoms. The van der Waals surface area contributed by atoms with Gasteiger partial charge in [0.05, 0.1) is 17.6 Å². The van der Waals surface area contributed by atoms with E-state index in [1.165, 1.54) is 6.33 Å². The lowest BCUT2D eigenvalue weighted by Gasteiger charge is -2.03. The SMILES string of the molecule is Cc1nc2c(C)nc3cncnc3n2c1C. The van der Waals surface area contributed by atoms with Crippen LogP contribution in [0.15, 0.2) is 12.5 Å². The highest BCUT2D eigenvalue weighted by Gasteiger charge is 2.12. The fourth-order valence-corrected chi connectivity index (χ4v) is 1.91. The highest BCUT2D eigenvalue weighted by atomic mass is 15.1. The van der Waals surface area contributed by atoms with Gasteiger partial charge in [-0.05, 0) is 20.8 Å². The third-order valence-corrected chi connectivity index (χ3v) is 2.84. The molecule has 0 unspecified atom stereocenters. The lowest BCUT2D eigenvalue weighted by atomic mass is 10.4. The second kappa shape index (κ2) is 2.98. The summed E-state index contributed by atoms with van der Waals surface area (Å²) in [4.78, 5) is 17.2. The van der Waals surface area contributed by atoms with Gasteiger partial charge in [-0.25, -0.2) is 19.9 Å². The minimum atomic E-state index is 0.799. The van der Waals surface area contributed by atoms with E-state index in [1.54, 1.807) is 6.20 Å². The summed E-state index contributed by atoms with van der Waals surface area (Å²) in [6.07, 6.45) is 3.26. The molecular formula is C11H11N5. The Bertz CT molecular complexity index is 698. The maximum absolute atomic E-state index is 4.50. The Morgan fingerprint density at radius 2 is 1.81 bits per heavy atom. The number of aryl methyl sites for hydroxylation is 3. The van der Waals surface area contributed by atoms with Gasteiger partial charge in [0.25, 0.3) is 0 Å². The second-order valence-electron chi connectivity index (χ2n) is 3.87. The van der Waals surface area contributed by atoms with Gasteiger partial charge in [0.1, 0.15) is 11.8 Å². The van der Waals surface area contributed by atoms with E-state index >= 15 is 0 Å². The van der Waals surface area contributed by atoms with Crippen LogP contribution in [-0.4, -0.2) is 24.3 Å². The molecule has 16 heavy (non-hydrogen) atoms. The Morgan fingerprint density at radius 3 is 2.62 bits per heavy atom.